The van der Waals surface area contributed by atoms with Crippen molar-refractivity contribution < 1.29 is 4.21 Å². The number of benzene rings is 2. The van der Waals surface area contributed by atoms with Crippen molar-refractivity contribution in [3.8, 4) is 0 Å². The average Bonchev–Trinajstić information content (AvgIpc) is 2.43. The van der Waals surface area contributed by atoms with E-state index in [0.29, 0.717) is 20.7 Å². The van der Waals surface area contributed by atoms with Crippen LogP contribution in [0.3, 0.4) is 0 Å². The van der Waals surface area contributed by atoms with Gasteiger partial charge in [-0.15, -0.1) is 0 Å². The van der Waals surface area contributed by atoms with Crippen molar-refractivity contribution in [1.82, 2.24) is 0 Å². The highest BCUT2D eigenvalue weighted by molar-refractivity contribution is 7.85. The van der Waals surface area contributed by atoms with Gasteiger partial charge in [0.2, 0.25) is 0 Å². The lowest BCUT2D eigenvalue weighted by Crippen LogP contribution is -2.19. The third-order valence-electron chi connectivity index (χ3n) is 3.30. The highest BCUT2D eigenvalue weighted by Gasteiger charge is 2.16. The second-order valence-electron chi connectivity index (χ2n) is 5.05. The maximum atomic E-state index is 12.5. The fourth-order valence-electron chi connectivity index (χ4n) is 2.15. The van der Waals surface area contributed by atoms with Crippen LogP contribution in [0.15, 0.2) is 41.3 Å². The number of hydrogen-bond acceptors (Lipinski definition) is 2. The van der Waals surface area contributed by atoms with E-state index in [1.165, 1.54) is 0 Å². The van der Waals surface area contributed by atoms with Crippen molar-refractivity contribution in [1.29, 1.82) is 0 Å². The summed E-state index contributed by atoms with van der Waals surface area (Å²) in [5.41, 5.74) is 9.47. The van der Waals surface area contributed by atoms with Gasteiger partial charge in [0, 0.05) is 16.8 Å². The molecule has 21 heavy (non-hydrogen) atoms. The number of aryl methyl sites for hydroxylation is 2. The first-order valence-corrected chi connectivity index (χ1v) is 8.62. The fraction of sp³-hybridized carbons (Fsp3) is 0.250. The van der Waals surface area contributed by atoms with Crippen molar-refractivity contribution in [3.05, 3.63) is 63.1 Å². The quantitative estimate of drug-likeness (QED) is 0.894. The minimum atomic E-state index is -1.29. The Hall–Kier alpha value is -0.870. The molecule has 2 aromatic carbocycles. The lowest BCUT2D eigenvalue weighted by atomic mass is 10.0. The maximum absolute atomic E-state index is 12.5. The van der Waals surface area contributed by atoms with Gasteiger partial charge in [-0.05, 0) is 43.2 Å². The Morgan fingerprint density at radius 1 is 1.14 bits per heavy atom. The zero-order valence-electron chi connectivity index (χ0n) is 11.9. The van der Waals surface area contributed by atoms with Crippen molar-refractivity contribution >= 4 is 34.0 Å². The summed E-state index contributed by atoms with van der Waals surface area (Å²) in [5.74, 6) is 0.310. The Balaban J connectivity index is 2.23. The molecule has 2 N–H and O–H groups in total. The minimum absolute atomic E-state index is 0.305. The molecule has 0 spiro atoms. The standard InChI is InChI=1S/C16H17Cl2NOS/c1-10-3-4-11(2)13(7-10)15(19)9-21(20)16-8-12(17)5-6-14(16)18/h3-8,15H,9,19H2,1-2H3. The van der Waals surface area contributed by atoms with Gasteiger partial charge in [0.15, 0.2) is 0 Å². The van der Waals surface area contributed by atoms with Crippen LogP contribution in [0.5, 0.6) is 0 Å². The van der Waals surface area contributed by atoms with E-state index in [1.807, 2.05) is 32.0 Å². The molecule has 0 aliphatic carbocycles. The molecule has 0 aliphatic heterocycles. The monoisotopic (exact) mass is 341 g/mol. The van der Waals surface area contributed by atoms with E-state index in [2.05, 4.69) is 0 Å². The van der Waals surface area contributed by atoms with Crippen LogP contribution in [0.2, 0.25) is 10.0 Å². The van der Waals surface area contributed by atoms with Crippen LogP contribution in [0, 0.1) is 13.8 Å². The van der Waals surface area contributed by atoms with Crippen LogP contribution in [-0.2, 0) is 10.8 Å². The van der Waals surface area contributed by atoms with E-state index in [9.17, 15) is 4.21 Å². The minimum Gasteiger partial charge on any atom is -0.323 e. The lowest BCUT2D eigenvalue weighted by molar-refractivity contribution is 0.675. The van der Waals surface area contributed by atoms with Crippen molar-refractivity contribution in [2.24, 2.45) is 5.73 Å². The van der Waals surface area contributed by atoms with Gasteiger partial charge in [-0.2, -0.15) is 0 Å². The third-order valence-corrected chi connectivity index (χ3v) is 5.47. The van der Waals surface area contributed by atoms with Gasteiger partial charge in [0.1, 0.15) is 0 Å². The molecule has 0 fully saturated rings. The molecule has 0 amide bonds. The largest absolute Gasteiger partial charge is 0.323 e. The Morgan fingerprint density at radius 3 is 2.57 bits per heavy atom. The van der Waals surface area contributed by atoms with E-state index in [-0.39, 0.29) is 6.04 Å². The molecule has 112 valence electrons. The Morgan fingerprint density at radius 2 is 1.86 bits per heavy atom. The highest BCUT2D eigenvalue weighted by atomic mass is 35.5. The number of halogens is 2. The summed E-state index contributed by atoms with van der Waals surface area (Å²) < 4.78 is 12.5. The predicted octanol–water partition coefficient (Wildman–Crippen LogP) is 4.42. The lowest BCUT2D eigenvalue weighted by Gasteiger charge is -2.16. The van der Waals surface area contributed by atoms with Crippen LogP contribution in [-0.4, -0.2) is 9.96 Å². The summed E-state index contributed by atoms with van der Waals surface area (Å²) in [7, 11) is -1.29. The first kappa shape index (κ1) is 16.5. The van der Waals surface area contributed by atoms with Gasteiger partial charge in [0.05, 0.1) is 20.7 Å². The predicted molar refractivity (Wildman–Crippen MR) is 90.6 cm³/mol. The highest BCUT2D eigenvalue weighted by Crippen LogP contribution is 2.26. The van der Waals surface area contributed by atoms with Gasteiger partial charge < -0.3 is 5.73 Å². The second kappa shape index (κ2) is 6.93. The van der Waals surface area contributed by atoms with E-state index >= 15 is 0 Å². The molecular weight excluding hydrogens is 325 g/mol. The average molecular weight is 342 g/mol. The normalized spacial score (nSPS) is 14.0. The van der Waals surface area contributed by atoms with E-state index in [1.54, 1.807) is 18.2 Å². The molecule has 2 atom stereocenters. The molecule has 0 heterocycles. The summed E-state index contributed by atoms with van der Waals surface area (Å²) in [5, 5.41) is 0.967. The zero-order chi connectivity index (χ0) is 15.6. The van der Waals surface area contributed by atoms with Gasteiger partial charge in [-0.3, -0.25) is 4.21 Å². The van der Waals surface area contributed by atoms with E-state index in [0.717, 1.165) is 16.7 Å². The fourth-order valence-corrected chi connectivity index (χ4v) is 4.00. The smallest absolute Gasteiger partial charge is 0.0589 e. The first-order chi connectivity index (χ1) is 9.88. The van der Waals surface area contributed by atoms with Crippen molar-refractivity contribution in [3.63, 3.8) is 0 Å². The van der Waals surface area contributed by atoms with Crippen molar-refractivity contribution in [2.45, 2.75) is 24.8 Å². The number of hydrogen-bond donors (Lipinski definition) is 1. The molecule has 2 rings (SSSR count). The Labute approximate surface area is 137 Å². The SMILES string of the molecule is Cc1ccc(C)c(C(N)CS(=O)c2cc(Cl)ccc2Cl)c1. The molecule has 0 bridgehead atoms. The summed E-state index contributed by atoms with van der Waals surface area (Å²) in [4.78, 5) is 0.532. The van der Waals surface area contributed by atoms with E-state index < -0.39 is 10.8 Å². The van der Waals surface area contributed by atoms with Crippen molar-refractivity contribution in [2.75, 3.05) is 5.75 Å². The third kappa shape index (κ3) is 4.07. The molecule has 0 aromatic heterocycles. The van der Waals surface area contributed by atoms with Crippen LogP contribution in [0.4, 0.5) is 0 Å². The molecule has 0 aliphatic rings. The topological polar surface area (TPSA) is 43.1 Å². The summed E-state index contributed by atoms with van der Waals surface area (Å²) in [6.45, 7) is 4.02. The number of rotatable bonds is 4. The van der Waals surface area contributed by atoms with Crippen LogP contribution in [0.25, 0.3) is 0 Å². The zero-order valence-corrected chi connectivity index (χ0v) is 14.2. The van der Waals surface area contributed by atoms with Gasteiger partial charge in [0.25, 0.3) is 0 Å². The molecule has 2 nitrogen and oxygen atoms in total. The molecule has 2 aromatic rings. The van der Waals surface area contributed by atoms with Crippen LogP contribution >= 0.6 is 23.2 Å². The molecule has 2 unspecified atom stereocenters. The number of nitrogens with two attached hydrogens (primary N) is 1. The molecule has 0 radical (unpaired) electrons. The molecular formula is C16H17Cl2NOS. The summed E-state index contributed by atoms with van der Waals surface area (Å²) in [6, 6.07) is 10.8. The summed E-state index contributed by atoms with van der Waals surface area (Å²) in [6.07, 6.45) is 0. The Kier molecular flexibility index (Phi) is 5.44. The first-order valence-electron chi connectivity index (χ1n) is 6.54. The van der Waals surface area contributed by atoms with Gasteiger partial charge in [-0.25, -0.2) is 0 Å². The van der Waals surface area contributed by atoms with Gasteiger partial charge in [-0.1, -0.05) is 47.0 Å². The van der Waals surface area contributed by atoms with Crippen LogP contribution in [0.1, 0.15) is 22.7 Å². The molecule has 0 saturated heterocycles. The molecule has 0 saturated carbocycles. The van der Waals surface area contributed by atoms with E-state index in [4.69, 9.17) is 28.9 Å². The van der Waals surface area contributed by atoms with Gasteiger partial charge >= 0.3 is 0 Å². The Bertz CT molecular complexity index is 688. The second-order valence-corrected chi connectivity index (χ2v) is 7.36. The molecule has 5 heteroatoms. The maximum Gasteiger partial charge on any atom is 0.0589 e. The summed E-state index contributed by atoms with van der Waals surface area (Å²) >= 11 is 12.0. The van der Waals surface area contributed by atoms with Crippen LogP contribution < -0.4 is 5.73 Å².